The molecular formula is C25H44ClNO. The summed E-state index contributed by atoms with van der Waals surface area (Å²) in [6.07, 6.45) is 23.6. The van der Waals surface area contributed by atoms with Gasteiger partial charge in [0.1, 0.15) is 5.75 Å². The summed E-state index contributed by atoms with van der Waals surface area (Å²) in [7, 11) is 0. The lowest BCUT2D eigenvalue weighted by Crippen LogP contribution is -1.98. The number of halogens is 1. The fourth-order valence-corrected chi connectivity index (χ4v) is 3.89. The summed E-state index contributed by atoms with van der Waals surface area (Å²) in [6.45, 7) is 3.03. The SMILES string of the molecule is CCCCCCCCCCCCCCCCCCCOc1ccc(N)cc1Cl. The first-order chi connectivity index (χ1) is 13.7. The Bertz CT molecular complexity index is 478. The van der Waals surface area contributed by atoms with Crippen LogP contribution in [0, 0.1) is 0 Å². The van der Waals surface area contributed by atoms with E-state index in [4.69, 9.17) is 22.1 Å². The molecule has 28 heavy (non-hydrogen) atoms. The maximum atomic E-state index is 6.11. The van der Waals surface area contributed by atoms with Crippen LogP contribution in [0.25, 0.3) is 0 Å². The van der Waals surface area contributed by atoms with Crippen molar-refractivity contribution in [2.75, 3.05) is 12.3 Å². The van der Waals surface area contributed by atoms with Crippen molar-refractivity contribution >= 4 is 17.3 Å². The molecule has 1 aromatic carbocycles. The van der Waals surface area contributed by atoms with Crippen LogP contribution in [0.5, 0.6) is 5.75 Å². The molecular weight excluding hydrogens is 366 g/mol. The van der Waals surface area contributed by atoms with Crippen LogP contribution >= 0.6 is 11.6 Å². The monoisotopic (exact) mass is 409 g/mol. The number of unbranched alkanes of at least 4 members (excludes halogenated alkanes) is 16. The largest absolute Gasteiger partial charge is 0.492 e. The van der Waals surface area contributed by atoms with E-state index in [2.05, 4.69) is 6.92 Å². The Balaban J connectivity index is 1.76. The third-order valence-corrected chi connectivity index (χ3v) is 5.76. The van der Waals surface area contributed by atoms with E-state index in [-0.39, 0.29) is 0 Å². The van der Waals surface area contributed by atoms with Crippen LogP contribution in [0.15, 0.2) is 18.2 Å². The summed E-state index contributed by atoms with van der Waals surface area (Å²) in [5.41, 5.74) is 6.36. The average molecular weight is 410 g/mol. The number of nitrogens with two attached hydrogens (primary N) is 1. The van der Waals surface area contributed by atoms with Gasteiger partial charge in [-0.25, -0.2) is 0 Å². The molecule has 2 N–H and O–H groups in total. The Morgan fingerprint density at radius 3 is 1.54 bits per heavy atom. The molecule has 0 spiro atoms. The van der Waals surface area contributed by atoms with Gasteiger partial charge >= 0.3 is 0 Å². The highest BCUT2D eigenvalue weighted by Crippen LogP contribution is 2.26. The maximum Gasteiger partial charge on any atom is 0.138 e. The number of hydrogen-bond donors (Lipinski definition) is 1. The Labute approximate surface area is 179 Å². The summed E-state index contributed by atoms with van der Waals surface area (Å²) in [6, 6.07) is 5.42. The molecule has 0 radical (unpaired) electrons. The van der Waals surface area contributed by atoms with Gasteiger partial charge < -0.3 is 10.5 Å². The fourth-order valence-electron chi connectivity index (χ4n) is 3.64. The first kappa shape index (κ1) is 25.1. The predicted octanol–water partition coefficient (Wildman–Crippen LogP) is 8.95. The minimum Gasteiger partial charge on any atom is -0.492 e. The number of ether oxygens (including phenoxy) is 1. The highest BCUT2D eigenvalue weighted by molar-refractivity contribution is 6.32. The lowest BCUT2D eigenvalue weighted by atomic mass is 10.0. The Kier molecular flexibility index (Phi) is 16.3. The maximum absolute atomic E-state index is 6.11. The van der Waals surface area contributed by atoms with Gasteiger partial charge in [-0.05, 0) is 24.6 Å². The summed E-state index contributed by atoms with van der Waals surface area (Å²) < 4.78 is 5.73. The van der Waals surface area contributed by atoms with Crippen molar-refractivity contribution in [1.82, 2.24) is 0 Å². The topological polar surface area (TPSA) is 35.2 Å². The van der Waals surface area contributed by atoms with Gasteiger partial charge in [0.2, 0.25) is 0 Å². The van der Waals surface area contributed by atoms with Crippen LogP contribution in [0.3, 0.4) is 0 Å². The van der Waals surface area contributed by atoms with Gasteiger partial charge in [0.15, 0.2) is 0 Å². The number of anilines is 1. The van der Waals surface area contributed by atoms with E-state index in [1.165, 1.54) is 103 Å². The van der Waals surface area contributed by atoms with Crippen molar-refractivity contribution in [3.8, 4) is 5.75 Å². The molecule has 0 aliphatic heterocycles. The minimum atomic E-state index is 0.604. The first-order valence-electron chi connectivity index (χ1n) is 11.9. The molecule has 0 saturated carbocycles. The zero-order valence-corrected chi connectivity index (χ0v) is 19.1. The highest BCUT2D eigenvalue weighted by Gasteiger charge is 2.01. The fraction of sp³-hybridized carbons (Fsp3) is 0.760. The molecule has 0 aliphatic rings. The molecule has 0 bridgehead atoms. The van der Waals surface area contributed by atoms with Crippen LogP contribution in [0.2, 0.25) is 5.02 Å². The first-order valence-corrected chi connectivity index (χ1v) is 12.3. The number of nitrogen functional groups attached to an aromatic ring is 1. The van der Waals surface area contributed by atoms with Gasteiger partial charge in [0.25, 0.3) is 0 Å². The smallest absolute Gasteiger partial charge is 0.138 e. The van der Waals surface area contributed by atoms with Crippen LogP contribution in [0.4, 0.5) is 5.69 Å². The van der Waals surface area contributed by atoms with E-state index in [0.29, 0.717) is 10.7 Å². The van der Waals surface area contributed by atoms with Gasteiger partial charge in [-0.3, -0.25) is 0 Å². The standard InChI is InChI=1S/C25H44ClNO/c1-2-3-4-5-6-7-8-9-10-11-12-13-14-15-16-17-18-21-28-25-20-19-23(27)22-24(25)26/h19-20,22H,2-18,21,27H2,1H3. The van der Waals surface area contributed by atoms with E-state index in [9.17, 15) is 0 Å². The number of rotatable bonds is 19. The summed E-state index contributed by atoms with van der Waals surface area (Å²) in [5, 5.41) is 0.604. The van der Waals surface area contributed by atoms with E-state index in [0.717, 1.165) is 18.8 Å². The molecule has 0 unspecified atom stereocenters. The molecule has 162 valence electrons. The van der Waals surface area contributed by atoms with E-state index in [1.807, 2.05) is 12.1 Å². The third-order valence-electron chi connectivity index (χ3n) is 5.46. The molecule has 0 amide bonds. The Morgan fingerprint density at radius 2 is 1.11 bits per heavy atom. The van der Waals surface area contributed by atoms with Crippen molar-refractivity contribution in [1.29, 1.82) is 0 Å². The molecule has 3 heteroatoms. The molecule has 1 aromatic rings. The normalized spacial score (nSPS) is 11.1. The Hall–Kier alpha value is -0.890. The van der Waals surface area contributed by atoms with Crippen molar-refractivity contribution < 1.29 is 4.74 Å². The highest BCUT2D eigenvalue weighted by atomic mass is 35.5. The average Bonchev–Trinajstić information content (AvgIpc) is 2.68. The second-order valence-corrected chi connectivity index (χ2v) is 8.60. The zero-order valence-electron chi connectivity index (χ0n) is 18.3. The summed E-state index contributed by atoms with van der Waals surface area (Å²) >= 11 is 6.11. The van der Waals surface area contributed by atoms with E-state index >= 15 is 0 Å². The van der Waals surface area contributed by atoms with E-state index < -0.39 is 0 Å². The second kappa shape index (κ2) is 18.2. The predicted molar refractivity (Wildman–Crippen MR) is 126 cm³/mol. The van der Waals surface area contributed by atoms with Crippen molar-refractivity contribution in [3.63, 3.8) is 0 Å². The van der Waals surface area contributed by atoms with Gasteiger partial charge in [-0.15, -0.1) is 0 Å². The quantitative estimate of drug-likeness (QED) is 0.183. The van der Waals surface area contributed by atoms with Crippen LogP contribution in [0.1, 0.15) is 116 Å². The molecule has 0 saturated heterocycles. The molecule has 0 aromatic heterocycles. The molecule has 0 fully saturated rings. The number of benzene rings is 1. The van der Waals surface area contributed by atoms with Gasteiger partial charge in [-0.1, -0.05) is 121 Å². The molecule has 2 nitrogen and oxygen atoms in total. The van der Waals surface area contributed by atoms with Crippen LogP contribution in [-0.4, -0.2) is 6.61 Å². The third kappa shape index (κ3) is 14.2. The zero-order chi connectivity index (χ0) is 20.3. The van der Waals surface area contributed by atoms with Crippen LogP contribution in [-0.2, 0) is 0 Å². The molecule has 0 heterocycles. The molecule has 1 rings (SSSR count). The van der Waals surface area contributed by atoms with Crippen molar-refractivity contribution in [2.45, 2.75) is 116 Å². The molecule has 0 aliphatic carbocycles. The second-order valence-electron chi connectivity index (χ2n) is 8.20. The van der Waals surface area contributed by atoms with Gasteiger partial charge in [-0.2, -0.15) is 0 Å². The number of hydrogen-bond acceptors (Lipinski definition) is 2. The summed E-state index contributed by atoms with van der Waals surface area (Å²) in [5.74, 6) is 0.743. The van der Waals surface area contributed by atoms with Crippen molar-refractivity contribution in [2.24, 2.45) is 0 Å². The Morgan fingerprint density at radius 1 is 0.679 bits per heavy atom. The lowest BCUT2D eigenvalue weighted by molar-refractivity contribution is 0.304. The minimum absolute atomic E-state index is 0.604. The summed E-state index contributed by atoms with van der Waals surface area (Å²) in [4.78, 5) is 0. The lowest BCUT2D eigenvalue weighted by Gasteiger charge is -2.08. The van der Waals surface area contributed by atoms with E-state index in [1.54, 1.807) is 6.07 Å². The van der Waals surface area contributed by atoms with Gasteiger partial charge in [0, 0.05) is 5.69 Å². The van der Waals surface area contributed by atoms with Crippen LogP contribution < -0.4 is 10.5 Å². The molecule has 0 atom stereocenters. The van der Waals surface area contributed by atoms with Gasteiger partial charge in [0.05, 0.1) is 11.6 Å². The van der Waals surface area contributed by atoms with Crippen molar-refractivity contribution in [3.05, 3.63) is 23.2 Å².